The van der Waals surface area contributed by atoms with E-state index in [4.69, 9.17) is 0 Å². The number of hydrogen-bond donors (Lipinski definition) is 5. The molecule has 424 valence electrons. The Morgan fingerprint density at radius 2 is 0.949 bits per heavy atom. The summed E-state index contributed by atoms with van der Waals surface area (Å²) >= 11 is 2.11. The highest BCUT2D eigenvalue weighted by Crippen LogP contribution is 2.31. The summed E-state index contributed by atoms with van der Waals surface area (Å²) in [6.45, 7) is 8.51. The number of hydrogen-bond acceptors (Lipinski definition) is 9. The van der Waals surface area contributed by atoms with Gasteiger partial charge in [-0.25, -0.2) is 0 Å². The van der Waals surface area contributed by atoms with Crippen molar-refractivity contribution in [2.75, 3.05) is 72.5 Å². The first-order valence-electron chi connectivity index (χ1n) is 29.2. The fourth-order valence-electron chi connectivity index (χ4n) is 12.0. The summed E-state index contributed by atoms with van der Waals surface area (Å²) < 4.78 is -0.273. The summed E-state index contributed by atoms with van der Waals surface area (Å²) in [5.74, 6) is -0.568. The van der Waals surface area contributed by atoms with E-state index in [1.165, 1.54) is 0 Å². The summed E-state index contributed by atoms with van der Waals surface area (Å²) in [4.78, 5) is 92.9. The molecular weight excluding hydrogens is 1110 g/mol. The molecule has 6 amide bonds. The Morgan fingerprint density at radius 1 is 0.557 bits per heavy atom. The molecule has 2 aliphatic carbocycles. The van der Waals surface area contributed by atoms with Gasteiger partial charge in [-0.1, -0.05) is 146 Å². The highest BCUT2D eigenvalue weighted by atomic mass is 127. The summed E-state index contributed by atoms with van der Waals surface area (Å²) in [6, 6.07) is 33.2. The number of halogens is 1. The maximum Gasteiger partial charge on any atom is 0.253 e. The van der Waals surface area contributed by atoms with Crippen LogP contribution in [0.3, 0.4) is 0 Å². The molecule has 0 spiro atoms. The van der Waals surface area contributed by atoms with E-state index >= 15 is 0 Å². The molecule has 0 unspecified atom stereocenters. The van der Waals surface area contributed by atoms with E-state index in [0.717, 1.165) is 86.5 Å². The second-order valence-corrected chi connectivity index (χ2v) is 24.2. The van der Waals surface area contributed by atoms with Crippen LogP contribution in [0.2, 0.25) is 0 Å². The molecule has 8 rings (SSSR count). The number of likely N-dealkylation sites (N-methyl/N-ethyl adjacent to an activating group) is 1. The average molecular weight is 1190 g/mol. The van der Waals surface area contributed by atoms with Crippen LogP contribution in [0.25, 0.3) is 11.1 Å². The first-order valence-corrected chi connectivity index (χ1v) is 30.4. The predicted molar refractivity (Wildman–Crippen MR) is 320 cm³/mol. The topological polar surface area (TPSA) is 176 Å². The van der Waals surface area contributed by atoms with E-state index in [9.17, 15) is 28.8 Å². The first-order chi connectivity index (χ1) is 38.4. The van der Waals surface area contributed by atoms with Crippen molar-refractivity contribution >= 4 is 58.0 Å². The quantitative estimate of drug-likeness (QED) is 0.0415. The molecule has 0 aromatic heterocycles. The van der Waals surface area contributed by atoms with Crippen molar-refractivity contribution in [3.63, 3.8) is 0 Å². The van der Waals surface area contributed by atoms with Gasteiger partial charge in [-0.05, 0) is 118 Å². The van der Waals surface area contributed by atoms with Crippen molar-refractivity contribution in [2.24, 2.45) is 11.8 Å². The summed E-state index contributed by atoms with van der Waals surface area (Å²) in [6.07, 6.45) is 11.3. The number of carbonyl (C=O) groups excluding carboxylic acids is 6. The zero-order valence-electron chi connectivity index (χ0n) is 46.7. The molecule has 2 saturated heterocycles. The lowest BCUT2D eigenvalue weighted by Gasteiger charge is -2.42. The van der Waals surface area contributed by atoms with E-state index in [0.29, 0.717) is 89.4 Å². The monoisotopic (exact) mass is 1190 g/mol. The van der Waals surface area contributed by atoms with Gasteiger partial charge in [0.1, 0.15) is 12.1 Å². The van der Waals surface area contributed by atoms with Gasteiger partial charge in [0.2, 0.25) is 23.6 Å². The molecule has 4 aromatic rings. The molecule has 5 N–H and O–H groups in total. The summed E-state index contributed by atoms with van der Waals surface area (Å²) in [7, 11) is 1.74. The van der Waals surface area contributed by atoms with Crippen LogP contribution in [0.4, 0.5) is 0 Å². The van der Waals surface area contributed by atoms with Crippen LogP contribution in [0.1, 0.15) is 110 Å². The van der Waals surface area contributed by atoms with Crippen molar-refractivity contribution in [1.82, 2.24) is 46.2 Å². The number of benzene rings is 4. The molecule has 2 heterocycles. The fourth-order valence-corrected chi connectivity index (χ4v) is 12.2. The normalized spacial score (nSPS) is 19.8. The molecular formula is C63H84IN9O6. The van der Waals surface area contributed by atoms with Crippen molar-refractivity contribution in [2.45, 2.75) is 125 Å². The van der Waals surface area contributed by atoms with Crippen molar-refractivity contribution in [3.05, 3.63) is 131 Å². The van der Waals surface area contributed by atoms with Gasteiger partial charge in [-0.15, -0.1) is 0 Å². The maximum absolute atomic E-state index is 14.8. The SMILES string of the molecule is CN[C@@H](C)C(=O)N[C@H](C(=O)N1CCNC[C@H]1CN(CCc1ccccc1)C(=O)c1ccc(-c2ccc(C(=O)N(CCc3ccccc3)C[C@@H]3CNCCN3C(=O)[C@@H](NC(=O)[C@H](C)I)C3CCCCC3)cc2)cc1)C1CCCCC1. The Morgan fingerprint density at radius 3 is 1.33 bits per heavy atom. The lowest BCUT2D eigenvalue weighted by Crippen LogP contribution is -2.63. The van der Waals surface area contributed by atoms with Gasteiger partial charge >= 0.3 is 0 Å². The molecule has 0 radical (unpaired) electrons. The van der Waals surface area contributed by atoms with E-state index in [2.05, 4.69) is 73.4 Å². The third-order valence-corrected chi connectivity index (χ3v) is 17.5. The average Bonchev–Trinajstić information content (AvgIpc) is 3.51. The molecule has 4 aromatic carbocycles. The number of rotatable bonds is 22. The molecule has 79 heavy (non-hydrogen) atoms. The van der Waals surface area contributed by atoms with Gasteiger partial charge in [0, 0.05) is 76.6 Å². The van der Waals surface area contributed by atoms with Crippen LogP contribution in [0, 0.1) is 11.8 Å². The Kier molecular flexibility index (Phi) is 22.3. The summed E-state index contributed by atoms with van der Waals surface area (Å²) in [5, 5.41) is 16.3. The van der Waals surface area contributed by atoms with E-state index in [1.54, 1.807) is 14.0 Å². The number of piperazine rings is 2. The van der Waals surface area contributed by atoms with Gasteiger partial charge in [0.25, 0.3) is 11.8 Å². The standard InChI is InChI=1S/C63H84IN9O6/c1-44(64)58(74)68-56(50-20-12-6-13-21-50)62(78)72-38-34-66-40-54(72)42-70(36-32-46-16-8-4-9-17-46)60(76)52-28-24-48(25-29-52)49-26-30-53(31-27-49)61(77)71(37-33-47-18-10-5-11-19-47)43-55-41-67-35-39-73(55)63(79)57(51-22-14-7-15-23-51)69-59(75)45(2)65-3/h4-5,8-11,16-19,24-31,44-45,50-51,54-57,65-67H,6-7,12-15,20-23,32-43H2,1-3H3,(H,68,74)(H,69,75)/t44-,45-,54-,55-,56-,57-/m0/s1. The van der Waals surface area contributed by atoms with Crippen LogP contribution in [0.5, 0.6) is 0 Å². The Hall–Kier alpha value is -5.69. The predicted octanol–water partition coefficient (Wildman–Crippen LogP) is 6.89. The maximum atomic E-state index is 14.8. The second kappa shape index (κ2) is 29.7. The summed E-state index contributed by atoms with van der Waals surface area (Å²) in [5.41, 5.74) is 5.08. The minimum atomic E-state index is -0.631. The van der Waals surface area contributed by atoms with Crippen LogP contribution < -0.4 is 26.6 Å². The van der Waals surface area contributed by atoms with Crippen molar-refractivity contribution < 1.29 is 28.8 Å². The zero-order chi connectivity index (χ0) is 55.7. The highest BCUT2D eigenvalue weighted by Gasteiger charge is 2.41. The van der Waals surface area contributed by atoms with Crippen LogP contribution >= 0.6 is 22.6 Å². The molecule has 15 nitrogen and oxygen atoms in total. The van der Waals surface area contributed by atoms with Gasteiger partial charge < -0.3 is 46.2 Å². The zero-order valence-corrected chi connectivity index (χ0v) is 48.8. The number of amides is 6. The van der Waals surface area contributed by atoms with E-state index in [-0.39, 0.29) is 63.3 Å². The molecule has 4 aliphatic rings. The number of nitrogens with one attached hydrogen (secondary N) is 5. The Labute approximate surface area is 482 Å². The number of alkyl halides is 1. The van der Waals surface area contributed by atoms with E-state index < -0.39 is 18.1 Å². The van der Waals surface area contributed by atoms with Crippen molar-refractivity contribution in [3.8, 4) is 11.1 Å². The lowest BCUT2D eigenvalue weighted by molar-refractivity contribution is -0.142. The second-order valence-electron chi connectivity index (χ2n) is 22.3. The minimum Gasteiger partial charge on any atom is -0.343 e. The number of nitrogens with zero attached hydrogens (tertiary/aromatic N) is 4. The molecule has 2 aliphatic heterocycles. The fraction of sp³-hybridized carbons (Fsp3) is 0.524. The van der Waals surface area contributed by atoms with Crippen LogP contribution in [0.15, 0.2) is 109 Å². The Balaban J connectivity index is 0.984. The van der Waals surface area contributed by atoms with Gasteiger partial charge in [-0.3, -0.25) is 28.8 Å². The molecule has 0 bridgehead atoms. The van der Waals surface area contributed by atoms with E-state index in [1.807, 2.05) is 111 Å². The van der Waals surface area contributed by atoms with Gasteiger partial charge in [-0.2, -0.15) is 0 Å². The minimum absolute atomic E-state index is 0.0561. The molecule has 6 atom stereocenters. The molecule has 2 saturated carbocycles. The largest absolute Gasteiger partial charge is 0.343 e. The van der Waals surface area contributed by atoms with Crippen LogP contribution in [-0.4, -0.2) is 162 Å². The van der Waals surface area contributed by atoms with Crippen LogP contribution in [-0.2, 0) is 32.0 Å². The van der Waals surface area contributed by atoms with Gasteiger partial charge in [0.15, 0.2) is 0 Å². The molecule has 4 fully saturated rings. The van der Waals surface area contributed by atoms with Gasteiger partial charge in [0.05, 0.1) is 22.1 Å². The molecule has 16 heteroatoms. The third kappa shape index (κ3) is 16.3. The lowest BCUT2D eigenvalue weighted by atomic mass is 9.83. The van der Waals surface area contributed by atoms with Crippen molar-refractivity contribution in [1.29, 1.82) is 0 Å². The third-order valence-electron chi connectivity index (χ3n) is 16.9. The smallest absolute Gasteiger partial charge is 0.253 e. The Bertz CT molecular complexity index is 2610. The first kappa shape index (κ1) is 59.4. The number of carbonyl (C=O) groups is 6. The highest BCUT2D eigenvalue weighted by molar-refractivity contribution is 14.1.